The van der Waals surface area contributed by atoms with Gasteiger partial charge in [0.05, 0.1) is 30.0 Å². The lowest BCUT2D eigenvalue weighted by Crippen LogP contribution is -2.17. The van der Waals surface area contributed by atoms with Crippen LogP contribution in [0.1, 0.15) is 19.4 Å². The van der Waals surface area contributed by atoms with Crippen molar-refractivity contribution in [1.29, 1.82) is 5.26 Å². The van der Waals surface area contributed by atoms with Crippen LogP contribution in [0.3, 0.4) is 0 Å². The van der Waals surface area contributed by atoms with Crippen LogP contribution in [0.15, 0.2) is 42.5 Å². The molecule has 0 fully saturated rings. The maximum absolute atomic E-state index is 11.8. The third-order valence-corrected chi connectivity index (χ3v) is 4.39. The Balaban J connectivity index is 2.05. The summed E-state index contributed by atoms with van der Waals surface area (Å²) >= 11 is 0. The van der Waals surface area contributed by atoms with Crippen molar-refractivity contribution in [3.05, 3.63) is 48.0 Å². The third-order valence-electron chi connectivity index (χ3n) is 4.39. The van der Waals surface area contributed by atoms with Crippen LogP contribution in [0, 0.1) is 11.3 Å². The minimum Gasteiger partial charge on any atom is -0.497 e. The number of fused-ring (bicyclic) bond motifs is 1. The van der Waals surface area contributed by atoms with Crippen molar-refractivity contribution in [2.45, 2.75) is 26.7 Å². The Hall–Kier alpha value is -3.50. The highest BCUT2D eigenvalue weighted by Crippen LogP contribution is 2.35. The number of hydrogen-bond acceptors (Lipinski definition) is 5. The summed E-state index contributed by atoms with van der Waals surface area (Å²) < 4.78 is 17.7. The quantitative estimate of drug-likeness (QED) is 0.653. The third kappa shape index (κ3) is 4.18. The molecular formula is C22H23N3O4. The Morgan fingerprint density at radius 3 is 2.48 bits per heavy atom. The lowest BCUT2D eigenvalue weighted by molar-refractivity contribution is 0.130. The largest absolute Gasteiger partial charge is 0.497 e. The van der Waals surface area contributed by atoms with E-state index >= 15 is 0 Å². The zero-order chi connectivity index (χ0) is 21.0. The molecule has 2 aromatic carbocycles. The van der Waals surface area contributed by atoms with E-state index < -0.39 is 6.09 Å². The Kier molecular flexibility index (Phi) is 6.05. The summed E-state index contributed by atoms with van der Waals surface area (Å²) in [7, 11) is 3.21. The molecule has 0 atom stereocenters. The zero-order valence-corrected chi connectivity index (χ0v) is 16.9. The van der Waals surface area contributed by atoms with E-state index in [1.54, 1.807) is 40.2 Å². The molecule has 0 radical (unpaired) electrons. The Morgan fingerprint density at radius 1 is 1.17 bits per heavy atom. The van der Waals surface area contributed by atoms with E-state index in [2.05, 4.69) is 11.4 Å². The van der Waals surface area contributed by atoms with Gasteiger partial charge >= 0.3 is 6.09 Å². The summed E-state index contributed by atoms with van der Waals surface area (Å²) in [4.78, 5) is 11.8. The number of nitriles is 1. The predicted molar refractivity (Wildman–Crippen MR) is 111 cm³/mol. The van der Waals surface area contributed by atoms with E-state index in [9.17, 15) is 10.1 Å². The molecule has 0 aliphatic carbocycles. The van der Waals surface area contributed by atoms with Gasteiger partial charge < -0.3 is 18.8 Å². The van der Waals surface area contributed by atoms with Crippen molar-refractivity contribution in [2.24, 2.45) is 0 Å². The maximum Gasteiger partial charge on any atom is 0.411 e. The average molecular weight is 393 g/mol. The molecule has 0 unspecified atom stereocenters. The van der Waals surface area contributed by atoms with Crippen molar-refractivity contribution in [1.82, 2.24) is 4.57 Å². The van der Waals surface area contributed by atoms with Gasteiger partial charge in [-0.25, -0.2) is 4.79 Å². The highest BCUT2D eigenvalue weighted by Gasteiger charge is 2.19. The number of benzene rings is 2. The van der Waals surface area contributed by atoms with Crippen molar-refractivity contribution in [2.75, 3.05) is 19.5 Å². The first-order valence-electron chi connectivity index (χ1n) is 9.15. The van der Waals surface area contributed by atoms with Gasteiger partial charge in [0.25, 0.3) is 0 Å². The molecule has 29 heavy (non-hydrogen) atoms. The van der Waals surface area contributed by atoms with Gasteiger partial charge in [0.1, 0.15) is 18.5 Å². The second-order valence-electron chi connectivity index (χ2n) is 6.72. The number of nitrogens with zero attached hydrogens (tertiary/aromatic N) is 2. The number of carbonyl (C=O) groups is 1. The van der Waals surface area contributed by atoms with Crippen molar-refractivity contribution >= 4 is 22.7 Å². The van der Waals surface area contributed by atoms with E-state index in [1.807, 2.05) is 34.9 Å². The summed E-state index contributed by atoms with van der Waals surface area (Å²) in [6, 6.07) is 15.2. The van der Waals surface area contributed by atoms with E-state index in [4.69, 9.17) is 14.2 Å². The molecule has 0 aliphatic rings. The van der Waals surface area contributed by atoms with Crippen LogP contribution in [-0.4, -0.2) is 31.0 Å². The molecule has 0 saturated carbocycles. The first kappa shape index (κ1) is 20.2. The molecule has 0 saturated heterocycles. The van der Waals surface area contributed by atoms with E-state index in [1.165, 1.54) is 0 Å². The molecule has 7 nitrogen and oxygen atoms in total. The normalized spacial score (nSPS) is 10.8. The molecular weight excluding hydrogens is 370 g/mol. The Bertz CT molecular complexity index is 1060. The van der Waals surface area contributed by atoms with Crippen LogP contribution in [0.4, 0.5) is 10.5 Å². The Morgan fingerprint density at radius 2 is 1.90 bits per heavy atom. The maximum atomic E-state index is 11.8. The van der Waals surface area contributed by atoms with Gasteiger partial charge in [0.2, 0.25) is 0 Å². The molecule has 1 N–H and O–H groups in total. The van der Waals surface area contributed by atoms with Crippen LogP contribution in [0.5, 0.6) is 5.75 Å². The number of hydrogen-bond donors (Lipinski definition) is 1. The first-order valence-corrected chi connectivity index (χ1v) is 9.15. The molecule has 7 heteroatoms. The number of nitrogens with one attached hydrogen (secondary N) is 1. The van der Waals surface area contributed by atoms with Gasteiger partial charge in [-0.15, -0.1) is 0 Å². The van der Waals surface area contributed by atoms with Gasteiger partial charge in [-0.05, 0) is 43.7 Å². The molecule has 0 spiro atoms. The van der Waals surface area contributed by atoms with Gasteiger partial charge in [0, 0.05) is 24.2 Å². The lowest BCUT2D eigenvalue weighted by Gasteiger charge is -2.12. The molecule has 3 aromatic rings. The number of rotatable bonds is 6. The topological polar surface area (TPSA) is 85.5 Å². The molecule has 3 rings (SSSR count). The molecule has 1 amide bonds. The predicted octanol–water partition coefficient (Wildman–Crippen LogP) is 4.75. The minimum atomic E-state index is -0.508. The SMILES string of the molecule is COCn1c(-c2ccc(NC(=O)OC(C)C)cc2)c(C#N)c2ccc(OC)cc21. The second-order valence-corrected chi connectivity index (χ2v) is 6.72. The fourth-order valence-electron chi connectivity index (χ4n) is 3.21. The first-order chi connectivity index (χ1) is 14.0. The van der Waals surface area contributed by atoms with Crippen molar-refractivity contribution in [3.63, 3.8) is 0 Å². The number of carbonyl (C=O) groups excluding carboxylic acids is 1. The van der Waals surface area contributed by atoms with Crippen molar-refractivity contribution < 1.29 is 19.0 Å². The minimum absolute atomic E-state index is 0.200. The van der Waals surface area contributed by atoms with E-state index in [0.717, 1.165) is 22.2 Å². The average Bonchev–Trinajstić information content (AvgIpc) is 3.01. The highest BCUT2D eigenvalue weighted by molar-refractivity contribution is 5.95. The summed E-state index contributed by atoms with van der Waals surface area (Å²) in [5.41, 5.74) is 3.58. The summed E-state index contributed by atoms with van der Waals surface area (Å²) in [6.45, 7) is 3.85. The lowest BCUT2D eigenvalue weighted by atomic mass is 10.1. The molecule has 1 aromatic heterocycles. The summed E-state index contributed by atoms with van der Waals surface area (Å²) in [5, 5.41) is 13.3. The number of amides is 1. The highest BCUT2D eigenvalue weighted by atomic mass is 16.6. The van der Waals surface area contributed by atoms with Gasteiger partial charge in [-0.2, -0.15) is 5.26 Å². The van der Waals surface area contributed by atoms with Crippen LogP contribution >= 0.6 is 0 Å². The molecule has 0 aliphatic heterocycles. The molecule has 150 valence electrons. The monoisotopic (exact) mass is 393 g/mol. The van der Waals surface area contributed by atoms with Crippen LogP contribution in [-0.2, 0) is 16.2 Å². The van der Waals surface area contributed by atoms with Crippen molar-refractivity contribution in [3.8, 4) is 23.1 Å². The second kappa shape index (κ2) is 8.67. The van der Waals surface area contributed by atoms with Gasteiger partial charge in [-0.1, -0.05) is 12.1 Å². The standard InChI is InChI=1S/C22H23N3O4/c1-14(2)29-22(26)24-16-7-5-15(6-8-16)21-19(12-23)18-10-9-17(28-4)11-20(18)25(21)13-27-3/h5-11,14H,13H2,1-4H3,(H,24,26). The zero-order valence-electron chi connectivity index (χ0n) is 16.9. The number of ether oxygens (including phenoxy) is 3. The summed E-state index contributed by atoms with van der Waals surface area (Å²) in [6.07, 6.45) is -0.708. The molecule has 0 bridgehead atoms. The van der Waals surface area contributed by atoms with Crippen LogP contribution in [0.25, 0.3) is 22.2 Å². The van der Waals surface area contributed by atoms with E-state index in [-0.39, 0.29) is 12.8 Å². The van der Waals surface area contributed by atoms with Gasteiger partial charge in [0.15, 0.2) is 0 Å². The smallest absolute Gasteiger partial charge is 0.411 e. The summed E-state index contributed by atoms with van der Waals surface area (Å²) in [5.74, 6) is 0.701. The van der Waals surface area contributed by atoms with Crippen LogP contribution in [0.2, 0.25) is 0 Å². The van der Waals surface area contributed by atoms with E-state index in [0.29, 0.717) is 17.0 Å². The van der Waals surface area contributed by atoms with Crippen LogP contribution < -0.4 is 10.1 Å². The fourth-order valence-corrected chi connectivity index (χ4v) is 3.21. The Labute approximate surface area is 169 Å². The number of anilines is 1. The number of methoxy groups -OCH3 is 2. The molecule has 1 heterocycles. The fraction of sp³-hybridized carbons (Fsp3) is 0.273. The number of aromatic nitrogens is 1. The van der Waals surface area contributed by atoms with Gasteiger partial charge in [-0.3, -0.25) is 5.32 Å².